The topological polar surface area (TPSA) is 213 Å². The number of fused-ring (bicyclic) bond motifs is 1. The number of aromatic amines is 1. The molecule has 1 atom stereocenters. The van der Waals surface area contributed by atoms with Gasteiger partial charge < -0.3 is 26.6 Å². The summed E-state index contributed by atoms with van der Waals surface area (Å²) in [4.78, 5) is 60.5. The van der Waals surface area contributed by atoms with Crippen LogP contribution >= 0.6 is 0 Å². The molecule has 0 radical (unpaired) electrons. The maximum atomic E-state index is 12.3. The molecule has 0 fully saturated rings. The first-order chi connectivity index (χ1) is 15.2. The van der Waals surface area contributed by atoms with Crippen molar-refractivity contribution in [3.8, 4) is 0 Å². The minimum absolute atomic E-state index is 0.0344. The van der Waals surface area contributed by atoms with E-state index in [4.69, 9.17) is 15.9 Å². The van der Waals surface area contributed by atoms with Crippen molar-refractivity contribution >= 4 is 40.8 Å². The maximum Gasteiger partial charge on any atom is 0.326 e. The van der Waals surface area contributed by atoms with E-state index in [2.05, 4.69) is 30.6 Å². The van der Waals surface area contributed by atoms with Crippen LogP contribution in [-0.2, 0) is 16.1 Å². The van der Waals surface area contributed by atoms with Crippen LogP contribution in [0.25, 0.3) is 11.2 Å². The first-order valence-corrected chi connectivity index (χ1v) is 9.33. The van der Waals surface area contributed by atoms with Crippen LogP contribution in [0.15, 0.2) is 35.3 Å². The third kappa shape index (κ3) is 5.53. The molecule has 0 bridgehead atoms. The van der Waals surface area contributed by atoms with E-state index in [0.29, 0.717) is 12.4 Å². The van der Waals surface area contributed by atoms with Crippen molar-refractivity contribution in [1.82, 2.24) is 25.3 Å². The predicted octanol–water partition coefficient (Wildman–Crippen LogP) is -0.0448. The molecule has 32 heavy (non-hydrogen) atoms. The molecule has 1 aromatic carbocycles. The highest BCUT2D eigenvalue weighted by Gasteiger charge is 2.21. The third-order valence-corrected chi connectivity index (χ3v) is 4.38. The van der Waals surface area contributed by atoms with Crippen LogP contribution in [0.5, 0.6) is 0 Å². The Morgan fingerprint density at radius 2 is 1.84 bits per heavy atom. The minimum Gasteiger partial charge on any atom is -0.481 e. The molecule has 0 saturated heterocycles. The van der Waals surface area contributed by atoms with Gasteiger partial charge in [-0.25, -0.2) is 14.8 Å². The second kappa shape index (κ2) is 9.51. The largest absolute Gasteiger partial charge is 0.481 e. The third-order valence-electron chi connectivity index (χ3n) is 4.38. The van der Waals surface area contributed by atoms with E-state index >= 15 is 0 Å². The van der Waals surface area contributed by atoms with Crippen LogP contribution in [0.3, 0.4) is 0 Å². The molecule has 1 amide bonds. The molecule has 166 valence electrons. The molecule has 7 N–H and O–H groups in total. The maximum absolute atomic E-state index is 12.3. The monoisotopic (exact) mass is 441 g/mol. The zero-order valence-electron chi connectivity index (χ0n) is 16.5. The lowest BCUT2D eigenvalue weighted by molar-refractivity contribution is -0.140. The Balaban J connectivity index is 1.62. The highest BCUT2D eigenvalue weighted by molar-refractivity contribution is 5.96. The number of rotatable bonds is 9. The first-order valence-electron chi connectivity index (χ1n) is 9.33. The molecule has 3 rings (SSSR count). The number of carbonyl (C=O) groups excluding carboxylic acids is 1. The first kappa shape index (κ1) is 22.1. The number of carboxylic acids is 2. The number of nitrogen functional groups attached to an aromatic ring is 1. The second-order valence-corrected chi connectivity index (χ2v) is 6.73. The summed E-state index contributed by atoms with van der Waals surface area (Å²) in [6.07, 6.45) is 0.796. The van der Waals surface area contributed by atoms with Crippen LogP contribution < -0.4 is 21.9 Å². The molecular weight excluding hydrogens is 422 g/mol. The Hall–Kier alpha value is -4.55. The van der Waals surface area contributed by atoms with Gasteiger partial charge in [0.05, 0.1) is 6.20 Å². The highest BCUT2D eigenvalue weighted by Crippen LogP contribution is 2.11. The number of anilines is 2. The van der Waals surface area contributed by atoms with Gasteiger partial charge in [0.15, 0.2) is 11.2 Å². The normalized spacial score (nSPS) is 11.6. The predicted molar refractivity (Wildman–Crippen MR) is 112 cm³/mol. The number of benzene rings is 1. The lowest BCUT2D eigenvalue weighted by Crippen LogP contribution is -2.41. The number of hydrogen-bond donors (Lipinski definition) is 6. The molecule has 0 aliphatic heterocycles. The summed E-state index contributed by atoms with van der Waals surface area (Å²) in [5.41, 5.74) is 6.10. The number of carboxylic acid groups (broad SMARTS) is 2. The second-order valence-electron chi connectivity index (χ2n) is 6.73. The fourth-order valence-electron chi connectivity index (χ4n) is 2.75. The smallest absolute Gasteiger partial charge is 0.326 e. The lowest BCUT2D eigenvalue weighted by atomic mass is 10.1. The van der Waals surface area contributed by atoms with E-state index in [0.717, 1.165) is 5.56 Å². The van der Waals surface area contributed by atoms with Crippen molar-refractivity contribution < 1.29 is 24.6 Å². The minimum atomic E-state index is -1.31. The fourth-order valence-corrected chi connectivity index (χ4v) is 2.75. The Morgan fingerprint density at radius 3 is 2.50 bits per heavy atom. The number of nitrogens with zero attached hydrogens (tertiary/aromatic N) is 3. The molecule has 0 aliphatic carbocycles. The van der Waals surface area contributed by atoms with Crippen molar-refractivity contribution in [2.45, 2.75) is 25.4 Å². The van der Waals surface area contributed by atoms with Gasteiger partial charge in [-0.1, -0.05) is 12.1 Å². The van der Waals surface area contributed by atoms with Crippen molar-refractivity contribution in [3.05, 3.63) is 51.9 Å². The van der Waals surface area contributed by atoms with E-state index in [9.17, 15) is 19.2 Å². The summed E-state index contributed by atoms with van der Waals surface area (Å²) < 4.78 is 0. The molecule has 0 saturated carbocycles. The van der Waals surface area contributed by atoms with Crippen LogP contribution in [0.2, 0.25) is 0 Å². The van der Waals surface area contributed by atoms with Gasteiger partial charge in [0, 0.05) is 18.5 Å². The number of nitrogens with two attached hydrogens (primary N) is 1. The molecule has 0 unspecified atom stereocenters. The molecule has 3 aromatic rings. The zero-order chi connectivity index (χ0) is 23.3. The van der Waals surface area contributed by atoms with E-state index < -0.39 is 29.4 Å². The number of amides is 1. The summed E-state index contributed by atoms with van der Waals surface area (Å²) in [5, 5.41) is 23.1. The van der Waals surface area contributed by atoms with Gasteiger partial charge in [-0.2, -0.15) is 4.98 Å². The molecule has 2 aromatic heterocycles. The van der Waals surface area contributed by atoms with E-state index in [1.54, 1.807) is 12.1 Å². The van der Waals surface area contributed by atoms with Crippen LogP contribution in [0, 0.1) is 0 Å². The van der Waals surface area contributed by atoms with Crippen molar-refractivity contribution in [2.75, 3.05) is 11.1 Å². The highest BCUT2D eigenvalue weighted by atomic mass is 16.4. The van der Waals surface area contributed by atoms with Gasteiger partial charge in [0.2, 0.25) is 5.95 Å². The molecular formula is C19H19N7O6. The van der Waals surface area contributed by atoms with Crippen LogP contribution in [-0.4, -0.2) is 54.0 Å². The van der Waals surface area contributed by atoms with Crippen molar-refractivity contribution in [2.24, 2.45) is 0 Å². The Kier molecular flexibility index (Phi) is 6.58. The van der Waals surface area contributed by atoms with Crippen molar-refractivity contribution in [1.29, 1.82) is 0 Å². The van der Waals surface area contributed by atoms with E-state index in [1.165, 1.54) is 18.3 Å². The Labute approximate surface area is 179 Å². The van der Waals surface area contributed by atoms with Gasteiger partial charge >= 0.3 is 11.9 Å². The molecule has 13 nitrogen and oxygen atoms in total. The van der Waals surface area contributed by atoms with Gasteiger partial charge in [-0.15, -0.1) is 0 Å². The Morgan fingerprint density at radius 1 is 1.12 bits per heavy atom. The quantitative estimate of drug-likeness (QED) is 0.259. The van der Waals surface area contributed by atoms with Gasteiger partial charge in [-0.3, -0.25) is 19.4 Å². The fraction of sp³-hybridized carbons (Fsp3) is 0.211. The molecule has 13 heteroatoms. The van der Waals surface area contributed by atoms with Crippen molar-refractivity contribution in [3.63, 3.8) is 0 Å². The Bertz CT molecular complexity index is 1230. The average Bonchev–Trinajstić information content (AvgIpc) is 2.75. The average molecular weight is 441 g/mol. The summed E-state index contributed by atoms with van der Waals surface area (Å²) >= 11 is 0. The lowest BCUT2D eigenvalue weighted by Gasteiger charge is -2.14. The summed E-state index contributed by atoms with van der Waals surface area (Å²) in [5.74, 6) is -2.82. The molecule has 0 aliphatic rings. The van der Waals surface area contributed by atoms with Crippen LogP contribution in [0.4, 0.5) is 11.8 Å². The summed E-state index contributed by atoms with van der Waals surface area (Å²) in [6.45, 7) is 0.304. The number of carbonyl (C=O) groups is 3. The van der Waals surface area contributed by atoms with E-state index in [-0.39, 0.29) is 35.5 Å². The summed E-state index contributed by atoms with van der Waals surface area (Å²) in [7, 11) is 0. The van der Waals surface area contributed by atoms with Gasteiger partial charge in [0.1, 0.15) is 11.9 Å². The van der Waals surface area contributed by atoms with Gasteiger partial charge in [0.25, 0.3) is 11.5 Å². The standard InChI is InChI=1S/C19H19N7O6/c20-19-25-15-14(17(30)26-19)24-12(8-22-15)21-7-9-1-3-10(4-2-9)16(29)23-11(18(31)32)5-6-13(27)28/h1-4,8,11H,5-7H2,(H,21,24)(H,23,29)(H,27,28)(H,31,32)(H3,20,22,25,26,30)/t11-/m1/s1. The van der Waals surface area contributed by atoms with E-state index in [1.807, 2.05) is 0 Å². The number of nitrogens with one attached hydrogen (secondary N) is 3. The number of aromatic nitrogens is 4. The number of hydrogen-bond acceptors (Lipinski definition) is 9. The summed E-state index contributed by atoms with van der Waals surface area (Å²) in [6, 6.07) is 5.01. The molecule has 0 spiro atoms. The SMILES string of the molecule is Nc1nc2ncc(NCc3ccc(C(=O)N[C@H](CCC(=O)O)C(=O)O)cc3)nc2c(=O)[nH]1. The van der Waals surface area contributed by atoms with Gasteiger partial charge in [-0.05, 0) is 24.1 Å². The number of aliphatic carboxylic acids is 2. The zero-order valence-corrected chi connectivity index (χ0v) is 16.5. The van der Waals surface area contributed by atoms with Crippen LogP contribution in [0.1, 0.15) is 28.8 Å². The number of H-pyrrole nitrogens is 1. The molecule has 2 heterocycles.